The van der Waals surface area contributed by atoms with E-state index in [1.54, 1.807) is 0 Å². The molecular formula is C18H25ClN2O3S. The molecule has 1 aromatic carbocycles. The highest BCUT2D eigenvalue weighted by atomic mass is 35.5. The molecule has 1 amide bonds. The van der Waals surface area contributed by atoms with Gasteiger partial charge in [0.25, 0.3) is 0 Å². The molecule has 0 aliphatic carbocycles. The van der Waals surface area contributed by atoms with Crippen LogP contribution in [0.4, 0.5) is 0 Å². The van der Waals surface area contributed by atoms with E-state index < -0.39 is 15.1 Å². The first kappa shape index (κ1) is 18.7. The quantitative estimate of drug-likeness (QED) is 0.863. The van der Waals surface area contributed by atoms with Crippen molar-refractivity contribution in [2.24, 2.45) is 11.8 Å². The predicted octanol–water partition coefficient (Wildman–Crippen LogP) is 2.10. The molecule has 0 aromatic heterocycles. The monoisotopic (exact) mass is 384 g/mol. The fourth-order valence-corrected chi connectivity index (χ4v) is 6.39. The SMILES string of the molecule is CC(C)NC(=O)[C@@H]1CCS(=O)(=O)[C@H]2CN(Cc3cccc(Cl)c3)C[C@@H]12. The van der Waals surface area contributed by atoms with Crippen molar-refractivity contribution >= 4 is 27.3 Å². The van der Waals surface area contributed by atoms with Crippen molar-refractivity contribution < 1.29 is 13.2 Å². The number of hydrogen-bond acceptors (Lipinski definition) is 4. The van der Waals surface area contributed by atoms with Gasteiger partial charge in [0.05, 0.1) is 11.0 Å². The summed E-state index contributed by atoms with van der Waals surface area (Å²) in [7, 11) is -3.14. The van der Waals surface area contributed by atoms with Crippen molar-refractivity contribution in [2.75, 3.05) is 18.8 Å². The van der Waals surface area contributed by atoms with E-state index in [2.05, 4.69) is 10.2 Å². The molecule has 1 aromatic rings. The van der Waals surface area contributed by atoms with E-state index in [0.29, 0.717) is 31.1 Å². The summed E-state index contributed by atoms with van der Waals surface area (Å²) >= 11 is 6.04. The number of benzene rings is 1. The minimum atomic E-state index is -3.14. The van der Waals surface area contributed by atoms with Crippen LogP contribution < -0.4 is 5.32 Å². The Morgan fingerprint density at radius 3 is 2.80 bits per heavy atom. The lowest BCUT2D eigenvalue weighted by Gasteiger charge is -2.32. The molecule has 2 fully saturated rings. The van der Waals surface area contributed by atoms with Crippen LogP contribution in [-0.4, -0.2) is 49.4 Å². The zero-order chi connectivity index (χ0) is 18.2. The van der Waals surface area contributed by atoms with Gasteiger partial charge in [-0.1, -0.05) is 23.7 Å². The fourth-order valence-electron chi connectivity index (χ4n) is 4.04. The van der Waals surface area contributed by atoms with E-state index in [1.807, 2.05) is 38.1 Å². The number of halogens is 1. The Labute approximate surface area is 154 Å². The van der Waals surface area contributed by atoms with Crippen LogP contribution in [0.2, 0.25) is 5.02 Å². The molecule has 0 radical (unpaired) electrons. The maximum absolute atomic E-state index is 12.5. The number of hydrogen-bond donors (Lipinski definition) is 1. The van der Waals surface area contributed by atoms with Crippen LogP contribution >= 0.6 is 11.6 Å². The molecule has 5 nitrogen and oxygen atoms in total. The van der Waals surface area contributed by atoms with Gasteiger partial charge in [0, 0.05) is 42.5 Å². The van der Waals surface area contributed by atoms with E-state index >= 15 is 0 Å². The zero-order valence-electron chi connectivity index (χ0n) is 14.6. The van der Waals surface area contributed by atoms with Crippen LogP contribution in [0, 0.1) is 11.8 Å². The van der Waals surface area contributed by atoms with Gasteiger partial charge in [-0.05, 0) is 38.0 Å². The van der Waals surface area contributed by atoms with E-state index in [1.165, 1.54) is 0 Å². The normalized spacial score (nSPS) is 28.7. The smallest absolute Gasteiger partial charge is 0.223 e. The maximum Gasteiger partial charge on any atom is 0.223 e. The summed E-state index contributed by atoms with van der Waals surface area (Å²) < 4.78 is 25.1. The van der Waals surface area contributed by atoms with Crippen molar-refractivity contribution in [1.82, 2.24) is 10.2 Å². The summed E-state index contributed by atoms with van der Waals surface area (Å²) in [5, 5.41) is 3.19. The highest BCUT2D eigenvalue weighted by molar-refractivity contribution is 7.92. The molecule has 3 rings (SSSR count). The molecule has 2 heterocycles. The molecule has 0 bridgehead atoms. The van der Waals surface area contributed by atoms with Gasteiger partial charge >= 0.3 is 0 Å². The van der Waals surface area contributed by atoms with E-state index in [-0.39, 0.29) is 29.5 Å². The first-order valence-electron chi connectivity index (χ1n) is 8.75. The first-order chi connectivity index (χ1) is 11.8. The Morgan fingerprint density at radius 2 is 2.12 bits per heavy atom. The molecular weight excluding hydrogens is 360 g/mol. The second kappa shape index (κ2) is 7.25. The molecule has 138 valence electrons. The molecule has 0 spiro atoms. The van der Waals surface area contributed by atoms with Crippen molar-refractivity contribution in [1.29, 1.82) is 0 Å². The van der Waals surface area contributed by atoms with Crippen molar-refractivity contribution in [3.63, 3.8) is 0 Å². The van der Waals surface area contributed by atoms with Gasteiger partial charge in [-0.3, -0.25) is 9.69 Å². The Hall–Kier alpha value is -1.11. The van der Waals surface area contributed by atoms with Crippen LogP contribution in [0.5, 0.6) is 0 Å². The van der Waals surface area contributed by atoms with Crippen molar-refractivity contribution in [2.45, 2.75) is 38.1 Å². The minimum absolute atomic E-state index is 0.00972. The molecule has 0 saturated carbocycles. The van der Waals surface area contributed by atoms with Crippen LogP contribution in [0.15, 0.2) is 24.3 Å². The molecule has 7 heteroatoms. The average Bonchev–Trinajstić information content (AvgIpc) is 2.91. The van der Waals surface area contributed by atoms with Gasteiger partial charge in [0.2, 0.25) is 5.91 Å². The van der Waals surface area contributed by atoms with E-state index in [4.69, 9.17) is 11.6 Å². The number of carbonyl (C=O) groups is 1. The number of carbonyl (C=O) groups excluding carboxylic acids is 1. The number of nitrogens with zero attached hydrogens (tertiary/aromatic N) is 1. The third kappa shape index (κ3) is 4.18. The summed E-state index contributed by atoms with van der Waals surface area (Å²) in [4.78, 5) is 14.7. The van der Waals surface area contributed by atoms with Gasteiger partial charge in [-0.25, -0.2) is 8.42 Å². The topological polar surface area (TPSA) is 66.5 Å². The van der Waals surface area contributed by atoms with Gasteiger partial charge < -0.3 is 5.32 Å². The summed E-state index contributed by atoms with van der Waals surface area (Å²) in [5.41, 5.74) is 1.06. The highest BCUT2D eigenvalue weighted by Gasteiger charge is 2.50. The van der Waals surface area contributed by atoms with Gasteiger partial charge in [-0.2, -0.15) is 0 Å². The third-order valence-corrected chi connectivity index (χ3v) is 7.60. The van der Waals surface area contributed by atoms with Crippen LogP contribution in [0.3, 0.4) is 0 Å². The Morgan fingerprint density at radius 1 is 1.36 bits per heavy atom. The van der Waals surface area contributed by atoms with Crippen LogP contribution in [-0.2, 0) is 21.2 Å². The molecule has 3 atom stereocenters. The third-order valence-electron chi connectivity index (χ3n) is 5.14. The van der Waals surface area contributed by atoms with E-state index in [0.717, 1.165) is 5.56 Å². The molecule has 25 heavy (non-hydrogen) atoms. The lowest BCUT2D eigenvalue weighted by Crippen LogP contribution is -2.48. The average molecular weight is 385 g/mol. The Bertz CT molecular complexity index is 750. The summed E-state index contributed by atoms with van der Waals surface area (Å²) in [5.74, 6) is -0.253. The fraction of sp³-hybridized carbons (Fsp3) is 0.611. The molecule has 2 saturated heterocycles. The van der Waals surface area contributed by atoms with Gasteiger partial charge in [-0.15, -0.1) is 0 Å². The lowest BCUT2D eigenvalue weighted by atomic mass is 9.87. The molecule has 1 N–H and O–H groups in total. The predicted molar refractivity (Wildman–Crippen MR) is 99.2 cm³/mol. The largest absolute Gasteiger partial charge is 0.354 e. The lowest BCUT2D eigenvalue weighted by molar-refractivity contribution is -0.127. The summed E-state index contributed by atoms with van der Waals surface area (Å²) in [6.07, 6.45) is 0.424. The first-order valence-corrected chi connectivity index (χ1v) is 10.8. The zero-order valence-corrected chi connectivity index (χ0v) is 16.2. The number of sulfone groups is 1. The summed E-state index contributed by atoms with van der Waals surface area (Å²) in [6, 6.07) is 7.68. The molecule has 2 aliphatic rings. The number of amides is 1. The number of fused-ring (bicyclic) bond motifs is 1. The number of nitrogens with one attached hydrogen (secondary N) is 1. The van der Waals surface area contributed by atoms with Crippen LogP contribution in [0.25, 0.3) is 0 Å². The maximum atomic E-state index is 12.5. The second-order valence-corrected chi connectivity index (χ2v) is 10.2. The Kier molecular flexibility index (Phi) is 5.42. The number of rotatable bonds is 4. The molecule has 2 aliphatic heterocycles. The summed E-state index contributed by atoms with van der Waals surface area (Å²) in [6.45, 7) is 5.63. The van der Waals surface area contributed by atoms with Crippen molar-refractivity contribution in [3.05, 3.63) is 34.9 Å². The van der Waals surface area contributed by atoms with Gasteiger partial charge in [0.15, 0.2) is 9.84 Å². The Balaban J connectivity index is 1.76. The standard InChI is InChI=1S/C18H25ClN2O3S/c1-12(2)20-18(22)15-6-7-25(23,24)17-11-21(10-16(15)17)9-13-4-3-5-14(19)8-13/h3-5,8,12,15-17H,6-7,9-11H2,1-2H3,(H,20,22)/t15-,16+,17+/m1/s1. The van der Waals surface area contributed by atoms with E-state index in [9.17, 15) is 13.2 Å². The van der Waals surface area contributed by atoms with Gasteiger partial charge in [0.1, 0.15) is 0 Å². The highest BCUT2D eigenvalue weighted by Crippen LogP contribution is 2.37. The molecule has 0 unspecified atom stereocenters. The minimum Gasteiger partial charge on any atom is -0.354 e. The van der Waals surface area contributed by atoms with Crippen molar-refractivity contribution in [3.8, 4) is 0 Å². The number of likely N-dealkylation sites (tertiary alicyclic amines) is 1. The second-order valence-electron chi connectivity index (χ2n) is 7.45. The van der Waals surface area contributed by atoms with Crippen LogP contribution in [0.1, 0.15) is 25.8 Å².